The molecule has 0 saturated carbocycles. The summed E-state index contributed by atoms with van der Waals surface area (Å²) in [4.78, 5) is 18.9. The molecule has 1 aromatic rings. The van der Waals surface area contributed by atoms with Crippen LogP contribution in [-0.2, 0) is 17.8 Å². The number of carbonyl (C=O) groups excluding carboxylic acids is 1. The minimum atomic E-state index is -0.520. The topological polar surface area (TPSA) is 90.0 Å². The van der Waals surface area contributed by atoms with Gasteiger partial charge in [0.05, 0.1) is 29.9 Å². The Kier molecular flexibility index (Phi) is 3.21. The molecular formula is C10H16N4O2. The Morgan fingerprint density at radius 2 is 2.62 bits per heavy atom. The van der Waals surface area contributed by atoms with Crippen molar-refractivity contribution in [3.8, 4) is 0 Å². The molecule has 88 valence electrons. The van der Waals surface area contributed by atoms with Gasteiger partial charge in [0.15, 0.2) is 0 Å². The highest BCUT2D eigenvalue weighted by Gasteiger charge is 2.25. The summed E-state index contributed by atoms with van der Waals surface area (Å²) in [5.74, 6) is -0.0884. The van der Waals surface area contributed by atoms with E-state index in [-0.39, 0.29) is 18.5 Å². The van der Waals surface area contributed by atoms with Gasteiger partial charge < -0.3 is 15.4 Å². The number of fused-ring (bicyclic) bond motifs is 1. The second-order valence-electron chi connectivity index (χ2n) is 4.06. The van der Waals surface area contributed by atoms with Crippen molar-refractivity contribution in [2.24, 2.45) is 0 Å². The van der Waals surface area contributed by atoms with E-state index in [9.17, 15) is 4.79 Å². The van der Waals surface area contributed by atoms with Crippen LogP contribution in [0.5, 0.6) is 0 Å². The first-order chi connectivity index (χ1) is 7.66. The molecule has 0 aromatic carbocycles. The molecule has 4 N–H and O–H groups in total. The molecule has 1 amide bonds. The van der Waals surface area contributed by atoms with E-state index in [1.165, 1.54) is 0 Å². The van der Waals surface area contributed by atoms with Crippen LogP contribution in [0.1, 0.15) is 18.3 Å². The van der Waals surface area contributed by atoms with Gasteiger partial charge in [0, 0.05) is 19.5 Å². The van der Waals surface area contributed by atoms with Crippen LogP contribution in [-0.4, -0.2) is 39.7 Å². The van der Waals surface area contributed by atoms with Gasteiger partial charge >= 0.3 is 0 Å². The maximum atomic E-state index is 11.7. The molecule has 2 rings (SSSR count). The normalized spacial score (nSPS) is 21.2. The summed E-state index contributed by atoms with van der Waals surface area (Å²) < 4.78 is 0. The van der Waals surface area contributed by atoms with E-state index >= 15 is 0 Å². The van der Waals surface area contributed by atoms with Crippen LogP contribution < -0.4 is 10.6 Å². The summed E-state index contributed by atoms with van der Waals surface area (Å²) >= 11 is 0. The quantitative estimate of drug-likeness (QED) is 0.526. The van der Waals surface area contributed by atoms with E-state index in [0.29, 0.717) is 13.0 Å². The van der Waals surface area contributed by atoms with E-state index in [1.54, 1.807) is 13.3 Å². The van der Waals surface area contributed by atoms with Crippen LogP contribution in [0.2, 0.25) is 0 Å². The van der Waals surface area contributed by atoms with E-state index in [4.69, 9.17) is 5.11 Å². The van der Waals surface area contributed by atoms with E-state index in [2.05, 4.69) is 20.6 Å². The zero-order valence-corrected chi connectivity index (χ0v) is 9.16. The fourth-order valence-electron chi connectivity index (χ4n) is 1.73. The van der Waals surface area contributed by atoms with Crippen LogP contribution >= 0.6 is 0 Å². The second-order valence-corrected chi connectivity index (χ2v) is 4.06. The van der Waals surface area contributed by atoms with Gasteiger partial charge in [-0.3, -0.25) is 10.1 Å². The third-order valence-electron chi connectivity index (χ3n) is 2.62. The van der Waals surface area contributed by atoms with Crippen molar-refractivity contribution in [2.75, 3.05) is 6.54 Å². The lowest BCUT2D eigenvalue weighted by Crippen LogP contribution is -2.49. The molecule has 0 aliphatic carbocycles. The average Bonchev–Trinajstić information content (AvgIpc) is 2.72. The molecule has 0 saturated heterocycles. The zero-order chi connectivity index (χ0) is 11.5. The molecular weight excluding hydrogens is 208 g/mol. The van der Waals surface area contributed by atoms with Crippen molar-refractivity contribution < 1.29 is 9.90 Å². The van der Waals surface area contributed by atoms with Crippen molar-refractivity contribution in [2.45, 2.75) is 32.0 Å². The van der Waals surface area contributed by atoms with Crippen molar-refractivity contribution in [1.82, 2.24) is 20.6 Å². The fraction of sp³-hybridized carbons (Fsp3) is 0.600. The highest BCUT2D eigenvalue weighted by atomic mass is 16.3. The smallest absolute Gasteiger partial charge is 0.237 e. The Hall–Kier alpha value is -1.40. The minimum Gasteiger partial charge on any atom is -0.392 e. The van der Waals surface area contributed by atoms with Gasteiger partial charge in [0.1, 0.15) is 0 Å². The van der Waals surface area contributed by atoms with Crippen LogP contribution in [0.15, 0.2) is 6.33 Å². The molecule has 1 aromatic heterocycles. The Bertz CT molecular complexity index is 375. The van der Waals surface area contributed by atoms with Gasteiger partial charge in [-0.15, -0.1) is 0 Å². The number of amides is 1. The zero-order valence-electron chi connectivity index (χ0n) is 9.16. The van der Waals surface area contributed by atoms with Crippen LogP contribution in [0.3, 0.4) is 0 Å². The second kappa shape index (κ2) is 4.63. The highest BCUT2D eigenvalue weighted by Crippen LogP contribution is 2.11. The van der Waals surface area contributed by atoms with E-state index < -0.39 is 6.10 Å². The molecule has 1 aliphatic heterocycles. The maximum absolute atomic E-state index is 11.7. The maximum Gasteiger partial charge on any atom is 0.237 e. The van der Waals surface area contributed by atoms with Crippen LogP contribution in [0, 0.1) is 0 Å². The number of hydrogen-bond acceptors (Lipinski definition) is 4. The fourth-order valence-corrected chi connectivity index (χ4v) is 1.73. The summed E-state index contributed by atoms with van der Waals surface area (Å²) in [5.41, 5.74) is 1.98. The standard InChI is InChI=1S/C10H16N4O2/c1-6(15)3-12-10(16)8-2-7-9(4-11-8)14-5-13-7/h5-6,8,11,15H,2-4H2,1H3,(H,12,16)(H,13,14). The third-order valence-corrected chi connectivity index (χ3v) is 2.62. The van der Waals surface area contributed by atoms with Crippen molar-refractivity contribution >= 4 is 5.91 Å². The van der Waals surface area contributed by atoms with Crippen LogP contribution in [0.25, 0.3) is 0 Å². The summed E-state index contributed by atoms with van der Waals surface area (Å²) in [6, 6.07) is -0.255. The third kappa shape index (κ3) is 2.40. The van der Waals surface area contributed by atoms with Gasteiger partial charge in [0.2, 0.25) is 5.91 Å². The van der Waals surface area contributed by atoms with Crippen molar-refractivity contribution in [3.05, 3.63) is 17.7 Å². The minimum absolute atomic E-state index is 0.0884. The predicted octanol–water partition coefficient (Wildman–Crippen LogP) is -1.08. The largest absolute Gasteiger partial charge is 0.392 e. The van der Waals surface area contributed by atoms with Gasteiger partial charge in [-0.1, -0.05) is 0 Å². The molecule has 0 radical (unpaired) electrons. The van der Waals surface area contributed by atoms with E-state index in [1.807, 2.05) is 0 Å². The Morgan fingerprint density at radius 1 is 1.81 bits per heavy atom. The lowest BCUT2D eigenvalue weighted by Gasteiger charge is -2.22. The number of nitrogens with one attached hydrogen (secondary N) is 3. The van der Waals surface area contributed by atoms with Gasteiger partial charge in [-0.05, 0) is 6.92 Å². The van der Waals surface area contributed by atoms with Crippen molar-refractivity contribution in [3.63, 3.8) is 0 Å². The summed E-state index contributed by atoms with van der Waals surface area (Å²) in [6.07, 6.45) is 1.71. The highest BCUT2D eigenvalue weighted by molar-refractivity contribution is 5.82. The first-order valence-electron chi connectivity index (χ1n) is 5.37. The number of aromatic amines is 1. The Labute approximate surface area is 93.5 Å². The lowest BCUT2D eigenvalue weighted by atomic mass is 10.0. The molecule has 6 heteroatoms. The van der Waals surface area contributed by atoms with Gasteiger partial charge in [0.25, 0.3) is 0 Å². The molecule has 2 unspecified atom stereocenters. The number of nitrogens with zero attached hydrogens (tertiary/aromatic N) is 1. The number of hydrogen-bond donors (Lipinski definition) is 4. The molecule has 2 atom stereocenters. The summed E-state index contributed by atoms with van der Waals surface area (Å²) in [7, 11) is 0. The van der Waals surface area contributed by atoms with E-state index in [0.717, 1.165) is 11.4 Å². The number of aromatic nitrogens is 2. The molecule has 0 spiro atoms. The first-order valence-corrected chi connectivity index (χ1v) is 5.37. The number of aliphatic hydroxyl groups is 1. The molecule has 6 nitrogen and oxygen atoms in total. The molecule has 0 fully saturated rings. The number of aliphatic hydroxyl groups excluding tert-OH is 1. The molecule has 16 heavy (non-hydrogen) atoms. The number of imidazole rings is 1. The summed E-state index contributed by atoms with van der Waals surface area (Å²) in [5, 5.41) is 14.9. The van der Waals surface area contributed by atoms with Crippen molar-refractivity contribution in [1.29, 1.82) is 0 Å². The first kappa shape index (κ1) is 11.1. The predicted molar refractivity (Wildman–Crippen MR) is 57.6 cm³/mol. The monoisotopic (exact) mass is 224 g/mol. The van der Waals surface area contributed by atoms with Gasteiger partial charge in [-0.25, -0.2) is 4.98 Å². The number of H-pyrrole nitrogens is 1. The molecule has 2 heterocycles. The summed E-state index contributed by atoms with van der Waals surface area (Å²) in [6.45, 7) is 2.55. The van der Waals surface area contributed by atoms with Crippen LogP contribution in [0.4, 0.5) is 0 Å². The average molecular weight is 224 g/mol. The van der Waals surface area contributed by atoms with Gasteiger partial charge in [-0.2, -0.15) is 0 Å². The lowest BCUT2D eigenvalue weighted by molar-refractivity contribution is -0.123. The number of carbonyl (C=O) groups is 1. The Balaban J connectivity index is 1.90. The molecule has 0 bridgehead atoms. The molecule has 1 aliphatic rings. The number of rotatable bonds is 3. The Morgan fingerprint density at radius 3 is 3.38 bits per heavy atom. The SMILES string of the molecule is CC(O)CNC(=O)C1Cc2nc[nH]c2CN1.